The lowest BCUT2D eigenvalue weighted by atomic mass is 9.74. The Morgan fingerprint density at radius 2 is 2.00 bits per heavy atom. The van der Waals surface area contributed by atoms with Crippen LogP contribution in [0.1, 0.15) is 23.3 Å². The summed E-state index contributed by atoms with van der Waals surface area (Å²) in [4.78, 5) is 45.3. The first-order valence-electron chi connectivity index (χ1n) is 11.8. The zero-order chi connectivity index (χ0) is 25.0. The van der Waals surface area contributed by atoms with Gasteiger partial charge in [0.2, 0.25) is 5.91 Å². The van der Waals surface area contributed by atoms with Gasteiger partial charge >= 0.3 is 6.03 Å². The summed E-state index contributed by atoms with van der Waals surface area (Å²) < 4.78 is 13.9. The van der Waals surface area contributed by atoms with Crippen LogP contribution in [0.15, 0.2) is 47.9 Å². The maximum atomic E-state index is 13.9. The van der Waals surface area contributed by atoms with E-state index in [1.165, 1.54) is 17.0 Å². The Hall–Kier alpha value is -3.04. The van der Waals surface area contributed by atoms with E-state index in [-0.39, 0.29) is 36.5 Å². The molecule has 0 bridgehead atoms. The number of benzene rings is 1. The van der Waals surface area contributed by atoms with Gasteiger partial charge in [0.25, 0.3) is 5.91 Å². The predicted octanol–water partition coefficient (Wildman–Crippen LogP) is 3.23. The van der Waals surface area contributed by atoms with Gasteiger partial charge in [-0.25, -0.2) is 9.18 Å². The second-order valence-corrected chi connectivity index (χ2v) is 10.4. The number of hydrogen-bond acceptors (Lipinski definition) is 5. The van der Waals surface area contributed by atoms with E-state index in [9.17, 15) is 18.8 Å². The minimum atomic E-state index is -1.15. The first-order chi connectivity index (χ1) is 16.8. The van der Waals surface area contributed by atoms with Crippen molar-refractivity contribution in [2.45, 2.75) is 24.8 Å². The van der Waals surface area contributed by atoms with Gasteiger partial charge in [-0.1, -0.05) is 18.2 Å². The van der Waals surface area contributed by atoms with Gasteiger partial charge in [-0.15, -0.1) is 11.3 Å². The molecular weight excluding hydrogens is 467 g/mol. The normalized spacial score (nSPS) is 21.4. The van der Waals surface area contributed by atoms with Crippen LogP contribution < -0.4 is 5.32 Å². The molecule has 186 valence electrons. The van der Waals surface area contributed by atoms with Gasteiger partial charge in [-0.2, -0.15) is 0 Å². The van der Waals surface area contributed by atoms with Gasteiger partial charge < -0.3 is 15.1 Å². The summed E-state index contributed by atoms with van der Waals surface area (Å²) in [7, 11) is 3.77. The molecule has 0 saturated carbocycles. The highest BCUT2D eigenvalue weighted by Crippen LogP contribution is 2.36. The lowest BCUT2D eigenvalue weighted by Gasteiger charge is -2.41. The highest BCUT2D eigenvalue weighted by molar-refractivity contribution is 7.10. The second-order valence-electron chi connectivity index (χ2n) is 9.42. The van der Waals surface area contributed by atoms with Crippen LogP contribution >= 0.6 is 11.3 Å². The second kappa shape index (κ2) is 10.7. The Morgan fingerprint density at radius 3 is 2.66 bits per heavy atom. The van der Waals surface area contributed by atoms with Gasteiger partial charge in [0, 0.05) is 43.6 Å². The van der Waals surface area contributed by atoms with Gasteiger partial charge in [-0.05, 0) is 68.1 Å². The highest BCUT2D eigenvalue weighted by Gasteiger charge is 2.55. The largest absolute Gasteiger partial charge is 0.339 e. The monoisotopic (exact) mass is 498 g/mol. The molecule has 0 spiro atoms. The van der Waals surface area contributed by atoms with Crippen molar-refractivity contribution < 1.29 is 18.8 Å². The van der Waals surface area contributed by atoms with Crippen molar-refractivity contribution >= 4 is 35.3 Å². The van der Waals surface area contributed by atoms with Crippen molar-refractivity contribution in [1.29, 1.82) is 0 Å². The fraction of sp³-hybridized carbons (Fsp3) is 0.423. The standard InChI is InChI=1S/C26H31FN4O3S/c1-29(2)14-15-31-24(33)26(28-25(31)34,18-19-5-3-6-21(27)17-19)20-10-12-30(13-11-20)23(32)9-8-22-7-4-16-35-22/h3-9,16-17,20H,10-15,18H2,1-2H3,(H,28,34)/b9-8+/t26-/m0/s1. The zero-order valence-corrected chi connectivity index (χ0v) is 20.9. The van der Waals surface area contributed by atoms with Crippen molar-refractivity contribution in [2.24, 2.45) is 5.92 Å². The zero-order valence-electron chi connectivity index (χ0n) is 20.1. The van der Waals surface area contributed by atoms with Crippen LogP contribution in [0.2, 0.25) is 0 Å². The number of urea groups is 1. The molecule has 0 unspecified atom stereocenters. The fourth-order valence-electron chi connectivity index (χ4n) is 4.90. The van der Waals surface area contributed by atoms with Crippen molar-refractivity contribution in [1.82, 2.24) is 20.0 Å². The molecule has 35 heavy (non-hydrogen) atoms. The first kappa shape index (κ1) is 25.1. The molecule has 2 saturated heterocycles. The molecule has 1 atom stereocenters. The van der Waals surface area contributed by atoms with E-state index in [2.05, 4.69) is 5.32 Å². The van der Waals surface area contributed by atoms with Crippen LogP contribution in [0.3, 0.4) is 0 Å². The van der Waals surface area contributed by atoms with E-state index >= 15 is 0 Å². The molecule has 4 rings (SSSR count). The Bertz CT molecular complexity index is 1100. The predicted molar refractivity (Wildman–Crippen MR) is 134 cm³/mol. The summed E-state index contributed by atoms with van der Waals surface area (Å²) in [5, 5.41) is 4.96. The minimum absolute atomic E-state index is 0.0644. The number of nitrogens with zero attached hydrogens (tertiary/aromatic N) is 3. The number of thiophene rings is 1. The van der Waals surface area contributed by atoms with Crippen LogP contribution in [-0.4, -0.2) is 78.4 Å². The quantitative estimate of drug-likeness (QED) is 0.448. The molecule has 0 aliphatic carbocycles. The number of rotatable bonds is 8. The summed E-state index contributed by atoms with van der Waals surface area (Å²) in [5.41, 5.74) is -0.496. The molecular formula is C26H31FN4O3S. The lowest BCUT2D eigenvalue weighted by Crippen LogP contribution is -2.58. The van der Waals surface area contributed by atoms with Crippen molar-refractivity contribution in [3.63, 3.8) is 0 Å². The van der Waals surface area contributed by atoms with E-state index < -0.39 is 11.6 Å². The molecule has 2 aliphatic heterocycles. The molecule has 3 heterocycles. The van der Waals surface area contributed by atoms with Crippen LogP contribution in [0.5, 0.6) is 0 Å². The van der Waals surface area contributed by atoms with Crippen LogP contribution in [-0.2, 0) is 16.0 Å². The van der Waals surface area contributed by atoms with E-state index in [1.807, 2.05) is 42.6 Å². The minimum Gasteiger partial charge on any atom is -0.339 e. The molecule has 1 aromatic heterocycles. The maximum Gasteiger partial charge on any atom is 0.325 e. The lowest BCUT2D eigenvalue weighted by molar-refractivity contribution is -0.134. The fourth-order valence-corrected chi connectivity index (χ4v) is 5.51. The molecule has 2 aliphatic rings. The average molecular weight is 499 g/mol. The van der Waals surface area contributed by atoms with Crippen molar-refractivity contribution in [2.75, 3.05) is 40.3 Å². The molecule has 4 amide bonds. The summed E-state index contributed by atoms with van der Waals surface area (Å²) in [6, 6.07) is 9.65. The molecule has 1 aromatic carbocycles. The van der Waals surface area contributed by atoms with Crippen molar-refractivity contribution in [3.05, 3.63) is 64.1 Å². The number of imide groups is 1. The van der Waals surface area contributed by atoms with E-state index in [0.29, 0.717) is 38.0 Å². The van der Waals surface area contributed by atoms with E-state index in [1.54, 1.807) is 34.4 Å². The van der Waals surface area contributed by atoms with E-state index in [4.69, 9.17) is 0 Å². The summed E-state index contributed by atoms with van der Waals surface area (Å²) in [6.07, 6.45) is 4.75. The number of carbonyl (C=O) groups is 3. The third-order valence-corrected chi connectivity index (χ3v) is 7.62. The third kappa shape index (κ3) is 5.62. The highest BCUT2D eigenvalue weighted by atomic mass is 32.1. The van der Waals surface area contributed by atoms with Crippen LogP contribution in [0, 0.1) is 11.7 Å². The Kier molecular flexibility index (Phi) is 7.66. The molecule has 2 fully saturated rings. The number of hydrogen-bond donors (Lipinski definition) is 1. The number of likely N-dealkylation sites (N-methyl/N-ethyl adjacent to an activating group) is 1. The number of halogens is 1. The smallest absolute Gasteiger partial charge is 0.325 e. The maximum absolute atomic E-state index is 13.9. The molecule has 9 heteroatoms. The number of nitrogens with one attached hydrogen (secondary N) is 1. The van der Waals surface area contributed by atoms with Crippen LogP contribution in [0.25, 0.3) is 6.08 Å². The Morgan fingerprint density at radius 1 is 1.23 bits per heavy atom. The molecule has 1 N–H and O–H groups in total. The van der Waals surface area contributed by atoms with E-state index in [0.717, 1.165) is 4.88 Å². The number of amides is 4. The number of carbonyl (C=O) groups excluding carboxylic acids is 3. The number of likely N-dealkylation sites (tertiary alicyclic amines) is 1. The van der Waals surface area contributed by atoms with Gasteiger partial charge in [0.05, 0.1) is 0 Å². The third-order valence-electron chi connectivity index (χ3n) is 6.78. The molecule has 0 radical (unpaired) electrons. The summed E-state index contributed by atoms with van der Waals surface area (Å²) in [6.45, 7) is 1.82. The van der Waals surface area contributed by atoms with Crippen LogP contribution in [0.4, 0.5) is 9.18 Å². The molecule has 2 aromatic rings. The Labute approximate surface area is 209 Å². The summed E-state index contributed by atoms with van der Waals surface area (Å²) >= 11 is 1.57. The topological polar surface area (TPSA) is 73.0 Å². The average Bonchev–Trinajstić information content (AvgIpc) is 3.43. The van der Waals surface area contributed by atoms with Gasteiger partial charge in [-0.3, -0.25) is 14.5 Å². The molecule has 7 nitrogen and oxygen atoms in total. The van der Waals surface area contributed by atoms with Gasteiger partial charge in [0.1, 0.15) is 11.4 Å². The SMILES string of the molecule is CN(C)CCN1C(=O)N[C@@](Cc2cccc(F)c2)(C2CCN(C(=O)/C=C/c3cccs3)CC2)C1=O. The number of piperidine rings is 1. The summed E-state index contributed by atoms with van der Waals surface area (Å²) in [5.74, 6) is -0.880. The van der Waals surface area contributed by atoms with Crippen molar-refractivity contribution in [3.8, 4) is 0 Å². The Balaban J connectivity index is 1.52. The van der Waals surface area contributed by atoms with Gasteiger partial charge in [0.15, 0.2) is 0 Å². The first-order valence-corrected chi connectivity index (χ1v) is 12.7.